The van der Waals surface area contributed by atoms with Gasteiger partial charge in [0.1, 0.15) is 5.82 Å². The van der Waals surface area contributed by atoms with Gasteiger partial charge in [0.25, 0.3) is 0 Å². The van der Waals surface area contributed by atoms with Crippen molar-refractivity contribution in [2.24, 2.45) is 0 Å². The number of rotatable bonds is 5. The van der Waals surface area contributed by atoms with E-state index < -0.39 is 5.97 Å². The first-order valence-electron chi connectivity index (χ1n) is 7.19. The Kier molecular flexibility index (Phi) is 4.32. The van der Waals surface area contributed by atoms with Crippen LogP contribution in [0.2, 0.25) is 0 Å². The van der Waals surface area contributed by atoms with Crippen LogP contribution in [0, 0.1) is 0 Å². The summed E-state index contributed by atoms with van der Waals surface area (Å²) in [7, 11) is 0. The summed E-state index contributed by atoms with van der Waals surface area (Å²) in [5.41, 5.74) is 1.79. The highest BCUT2D eigenvalue weighted by atomic mass is 16.4. The van der Waals surface area contributed by atoms with Gasteiger partial charge >= 0.3 is 5.97 Å². The zero-order valence-electron chi connectivity index (χ0n) is 12.8. The highest BCUT2D eigenvalue weighted by Gasteiger charge is 2.23. The summed E-state index contributed by atoms with van der Waals surface area (Å²) in [6.07, 6.45) is 1.61. The molecule has 5 heteroatoms. The van der Waals surface area contributed by atoms with Crippen LogP contribution >= 0.6 is 0 Å². The number of fused-ring (bicyclic) bond motifs is 1. The van der Waals surface area contributed by atoms with Crippen LogP contribution < -0.4 is 0 Å². The topological polar surface area (TPSA) is 75.3 Å². The molecular formula is C16H22N2O3. The van der Waals surface area contributed by atoms with Gasteiger partial charge in [0, 0.05) is 18.6 Å². The van der Waals surface area contributed by atoms with E-state index in [1.807, 2.05) is 6.07 Å². The van der Waals surface area contributed by atoms with E-state index in [1.54, 1.807) is 12.1 Å². The summed E-state index contributed by atoms with van der Waals surface area (Å²) in [5, 5.41) is 18.0. The highest BCUT2D eigenvalue weighted by Crippen LogP contribution is 2.27. The summed E-state index contributed by atoms with van der Waals surface area (Å²) < 4.78 is 2.14. The number of benzene rings is 1. The van der Waals surface area contributed by atoms with Gasteiger partial charge in [0.05, 0.1) is 16.6 Å². The molecule has 0 bridgehead atoms. The van der Waals surface area contributed by atoms with Crippen LogP contribution in [0.5, 0.6) is 0 Å². The SMILES string of the molecule is CC(C)(C)c1nc2cc(C(=O)O)ccc2n1CCCCO. The maximum absolute atomic E-state index is 11.1. The molecule has 1 aromatic carbocycles. The zero-order valence-corrected chi connectivity index (χ0v) is 12.8. The van der Waals surface area contributed by atoms with Crippen molar-refractivity contribution in [3.05, 3.63) is 29.6 Å². The van der Waals surface area contributed by atoms with Gasteiger partial charge in [0.2, 0.25) is 0 Å². The van der Waals surface area contributed by atoms with Crippen LogP contribution in [0.1, 0.15) is 49.8 Å². The molecule has 5 nitrogen and oxygen atoms in total. The molecule has 0 atom stereocenters. The van der Waals surface area contributed by atoms with Gasteiger partial charge in [-0.2, -0.15) is 0 Å². The molecule has 0 unspecified atom stereocenters. The predicted octanol–water partition coefficient (Wildman–Crippen LogP) is 2.80. The average Bonchev–Trinajstić information content (AvgIpc) is 2.77. The van der Waals surface area contributed by atoms with E-state index in [9.17, 15) is 4.79 Å². The molecule has 21 heavy (non-hydrogen) atoms. The van der Waals surface area contributed by atoms with Crippen molar-refractivity contribution in [1.29, 1.82) is 0 Å². The molecule has 0 aliphatic carbocycles. The molecule has 0 radical (unpaired) electrons. The molecule has 2 aromatic rings. The van der Waals surface area contributed by atoms with E-state index in [2.05, 4.69) is 30.3 Å². The number of aromatic carboxylic acids is 1. The first-order valence-corrected chi connectivity index (χ1v) is 7.19. The third-order valence-electron chi connectivity index (χ3n) is 3.46. The van der Waals surface area contributed by atoms with E-state index in [0.717, 1.165) is 30.7 Å². The smallest absolute Gasteiger partial charge is 0.335 e. The Hall–Kier alpha value is -1.88. The van der Waals surface area contributed by atoms with Crippen LogP contribution in [0.15, 0.2) is 18.2 Å². The number of aliphatic hydroxyl groups excluding tert-OH is 1. The van der Waals surface area contributed by atoms with E-state index in [4.69, 9.17) is 10.2 Å². The number of aliphatic hydroxyl groups is 1. The Labute approximate surface area is 124 Å². The Morgan fingerprint density at radius 1 is 1.29 bits per heavy atom. The number of aryl methyl sites for hydroxylation is 1. The summed E-state index contributed by atoms with van der Waals surface area (Å²) in [4.78, 5) is 15.7. The van der Waals surface area contributed by atoms with Gasteiger partial charge in [-0.05, 0) is 31.0 Å². The summed E-state index contributed by atoms with van der Waals surface area (Å²) in [5.74, 6) is 0.00187. The molecule has 0 amide bonds. The monoisotopic (exact) mass is 290 g/mol. The van der Waals surface area contributed by atoms with E-state index in [0.29, 0.717) is 5.52 Å². The Balaban J connectivity index is 2.53. The van der Waals surface area contributed by atoms with E-state index >= 15 is 0 Å². The van der Waals surface area contributed by atoms with Crippen molar-refractivity contribution in [1.82, 2.24) is 9.55 Å². The molecule has 0 aliphatic rings. The fourth-order valence-corrected chi connectivity index (χ4v) is 2.44. The first-order chi connectivity index (χ1) is 9.84. The van der Waals surface area contributed by atoms with Crippen LogP contribution in [-0.2, 0) is 12.0 Å². The number of carboxylic acids is 1. The molecule has 0 saturated carbocycles. The lowest BCUT2D eigenvalue weighted by Gasteiger charge is -2.20. The second-order valence-electron chi connectivity index (χ2n) is 6.28. The Morgan fingerprint density at radius 3 is 2.57 bits per heavy atom. The second-order valence-corrected chi connectivity index (χ2v) is 6.28. The van der Waals surface area contributed by atoms with Crippen LogP contribution in [0.4, 0.5) is 0 Å². The molecule has 2 N–H and O–H groups in total. The number of nitrogens with zero attached hydrogens (tertiary/aromatic N) is 2. The number of unbranched alkanes of at least 4 members (excludes halogenated alkanes) is 1. The maximum Gasteiger partial charge on any atom is 0.335 e. The number of hydrogen-bond donors (Lipinski definition) is 2. The van der Waals surface area contributed by atoms with Crippen molar-refractivity contribution in [2.75, 3.05) is 6.61 Å². The quantitative estimate of drug-likeness (QED) is 0.830. The van der Waals surface area contributed by atoms with Crippen molar-refractivity contribution in [3.8, 4) is 0 Å². The molecule has 0 saturated heterocycles. The fraction of sp³-hybridized carbons (Fsp3) is 0.500. The maximum atomic E-state index is 11.1. The summed E-state index contributed by atoms with van der Waals surface area (Å²) in [6, 6.07) is 5.05. The molecular weight excluding hydrogens is 268 g/mol. The summed E-state index contributed by atoms with van der Waals surface area (Å²) in [6.45, 7) is 7.23. The van der Waals surface area contributed by atoms with Gasteiger partial charge in [0.15, 0.2) is 0 Å². The van der Waals surface area contributed by atoms with Gasteiger partial charge in [-0.1, -0.05) is 20.8 Å². The third kappa shape index (κ3) is 3.24. The molecule has 1 heterocycles. The zero-order chi connectivity index (χ0) is 15.6. The standard InChI is InChI=1S/C16H22N2O3/c1-16(2,3)15-17-12-10-11(14(20)21)6-7-13(12)18(15)8-4-5-9-19/h6-7,10,19H,4-5,8-9H2,1-3H3,(H,20,21). The van der Waals surface area contributed by atoms with Gasteiger partial charge < -0.3 is 14.8 Å². The lowest BCUT2D eigenvalue weighted by atomic mass is 9.95. The molecule has 2 rings (SSSR count). The number of carboxylic acid groups (broad SMARTS) is 1. The van der Waals surface area contributed by atoms with Crippen LogP contribution in [0.25, 0.3) is 11.0 Å². The van der Waals surface area contributed by atoms with Crippen LogP contribution in [-0.4, -0.2) is 32.3 Å². The second kappa shape index (κ2) is 5.85. The van der Waals surface area contributed by atoms with Crippen molar-refractivity contribution in [3.63, 3.8) is 0 Å². The first kappa shape index (κ1) is 15.5. The number of imidazole rings is 1. The minimum atomic E-state index is -0.941. The average molecular weight is 290 g/mol. The number of carbonyl (C=O) groups is 1. The van der Waals surface area contributed by atoms with Crippen molar-refractivity contribution < 1.29 is 15.0 Å². The van der Waals surface area contributed by atoms with E-state index in [-0.39, 0.29) is 17.6 Å². The Morgan fingerprint density at radius 2 is 2.00 bits per heavy atom. The third-order valence-corrected chi connectivity index (χ3v) is 3.46. The predicted molar refractivity (Wildman–Crippen MR) is 81.7 cm³/mol. The number of aromatic nitrogens is 2. The molecule has 114 valence electrons. The molecule has 0 spiro atoms. The lowest BCUT2D eigenvalue weighted by molar-refractivity contribution is 0.0697. The van der Waals surface area contributed by atoms with Gasteiger partial charge in [-0.15, -0.1) is 0 Å². The van der Waals surface area contributed by atoms with E-state index in [1.165, 1.54) is 0 Å². The molecule has 0 aliphatic heterocycles. The van der Waals surface area contributed by atoms with Gasteiger partial charge in [-0.3, -0.25) is 0 Å². The largest absolute Gasteiger partial charge is 0.478 e. The normalized spacial score (nSPS) is 12.0. The lowest BCUT2D eigenvalue weighted by Crippen LogP contribution is -2.19. The summed E-state index contributed by atoms with van der Waals surface area (Å²) >= 11 is 0. The molecule has 0 fully saturated rings. The number of hydrogen-bond acceptors (Lipinski definition) is 3. The minimum absolute atomic E-state index is 0.123. The Bertz CT molecular complexity index is 653. The fourth-order valence-electron chi connectivity index (χ4n) is 2.44. The highest BCUT2D eigenvalue weighted by molar-refractivity contribution is 5.92. The molecule has 1 aromatic heterocycles. The van der Waals surface area contributed by atoms with Crippen LogP contribution in [0.3, 0.4) is 0 Å². The van der Waals surface area contributed by atoms with Crippen molar-refractivity contribution >= 4 is 17.0 Å². The van der Waals surface area contributed by atoms with Crippen molar-refractivity contribution in [2.45, 2.75) is 45.6 Å². The van der Waals surface area contributed by atoms with Gasteiger partial charge in [-0.25, -0.2) is 9.78 Å². The minimum Gasteiger partial charge on any atom is -0.478 e.